The summed E-state index contributed by atoms with van der Waals surface area (Å²) in [5.41, 5.74) is 5.58. The fourth-order valence-corrected chi connectivity index (χ4v) is 3.79. The van der Waals surface area contributed by atoms with Crippen LogP contribution >= 0.6 is 0 Å². The highest BCUT2D eigenvalue weighted by Crippen LogP contribution is 2.22. The number of aryl methyl sites for hydroxylation is 2. The monoisotopic (exact) mass is 334 g/mol. The minimum atomic E-state index is -0.500. The van der Waals surface area contributed by atoms with Gasteiger partial charge in [-0.25, -0.2) is 0 Å². The zero-order valence-corrected chi connectivity index (χ0v) is 14.2. The molecule has 0 aromatic heterocycles. The Morgan fingerprint density at radius 2 is 1.84 bits per heavy atom. The van der Waals surface area contributed by atoms with Crippen molar-refractivity contribution in [1.82, 2.24) is 10.6 Å². The maximum Gasteiger partial charge on any atom is 0.252 e. The van der Waals surface area contributed by atoms with Crippen LogP contribution in [0.2, 0.25) is 0 Å². The maximum absolute atomic E-state index is 12.5. The average Bonchev–Trinajstić information content (AvgIpc) is 2.66. The van der Waals surface area contributed by atoms with Crippen molar-refractivity contribution in [3.63, 3.8) is 0 Å². The average molecular weight is 334 g/mol. The zero-order valence-electron chi connectivity index (χ0n) is 14.2. The molecule has 1 aliphatic heterocycles. The molecule has 4 nitrogen and oxygen atoms in total. The lowest BCUT2D eigenvalue weighted by Gasteiger charge is -2.25. The van der Waals surface area contributed by atoms with E-state index in [1.54, 1.807) is 6.07 Å². The summed E-state index contributed by atoms with van der Waals surface area (Å²) in [7, 11) is 0. The fraction of sp³-hybridized carbons (Fsp3) is 0.333. The molecule has 2 aliphatic rings. The van der Waals surface area contributed by atoms with Gasteiger partial charge in [-0.1, -0.05) is 36.4 Å². The van der Waals surface area contributed by atoms with Gasteiger partial charge in [-0.2, -0.15) is 0 Å². The van der Waals surface area contributed by atoms with E-state index in [-0.39, 0.29) is 11.8 Å². The summed E-state index contributed by atoms with van der Waals surface area (Å²) in [5, 5.41) is 5.78. The molecule has 4 rings (SSSR count). The molecule has 0 spiro atoms. The highest BCUT2D eigenvalue weighted by atomic mass is 16.2. The molecule has 0 saturated heterocycles. The van der Waals surface area contributed by atoms with Crippen molar-refractivity contribution in [3.8, 4) is 0 Å². The molecule has 0 saturated carbocycles. The largest absolute Gasteiger partial charge is 0.350 e. The van der Waals surface area contributed by atoms with E-state index in [2.05, 4.69) is 28.8 Å². The molecule has 0 radical (unpaired) electrons. The summed E-state index contributed by atoms with van der Waals surface area (Å²) in [5.74, 6) is -0.295. The van der Waals surface area contributed by atoms with E-state index < -0.39 is 6.04 Å². The van der Waals surface area contributed by atoms with Gasteiger partial charge in [0.2, 0.25) is 5.91 Å². The molecule has 0 fully saturated rings. The van der Waals surface area contributed by atoms with Gasteiger partial charge in [-0.05, 0) is 54.0 Å². The number of carbonyl (C=O) groups excluding carboxylic acids is 2. The number of hydrogen-bond acceptors (Lipinski definition) is 2. The highest BCUT2D eigenvalue weighted by molar-refractivity contribution is 6.00. The molecule has 1 heterocycles. The van der Waals surface area contributed by atoms with Gasteiger partial charge in [0.25, 0.3) is 5.91 Å². The second-order valence-electron chi connectivity index (χ2n) is 6.92. The maximum atomic E-state index is 12.5. The minimum absolute atomic E-state index is 0.124. The molecule has 2 amide bonds. The summed E-state index contributed by atoms with van der Waals surface area (Å²) in [4.78, 5) is 24.6. The normalized spacial score (nSPS) is 18.7. The number of rotatable bonds is 3. The van der Waals surface area contributed by atoms with Crippen molar-refractivity contribution in [2.75, 3.05) is 0 Å². The SMILES string of the molecule is O=C1NC(C(=O)NCc2ccc3c(c2)CCCC3)Cc2ccccc21. The zero-order chi connectivity index (χ0) is 17.2. The van der Waals surface area contributed by atoms with E-state index in [1.165, 1.54) is 24.0 Å². The number of amides is 2. The van der Waals surface area contributed by atoms with Crippen molar-refractivity contribution < 1.29 is 9.59 Å². The lowest BCUT2D eigenvalue weighted by Crippen LogP contribution is -2.50. The van der Waals surface area contributed by atoms with E-state index in [4.69, 9.17) is 0 Å². The van der Waals surface area contributed by atoms with Crippen LogP contribution in [0.15, 0.2) is 42.5 Å². The van der Waals surface area contributed by atoms with Crippen LogP contribution in [-0.4, -0.2) is 17.9 Å². The molecule has 25 heavy (non-hydrogen) atoms. The Labute approximate surface area is 147 Å². The number of hydrogen-bond donors (Lipinski definition) is 2. The molecular formula is C21H22N2O2. The Kier molecular flexibility index (Phi) is 4.26. The number of fused-ring (bicyclic) bond motifs is 2. The van der Waals surface area contributed by atoms with Crippen LogP contribution in [0.3, 0.4) is 0 Å². The smallest absolute Gasteiger partial charge is 0.252 e. The first-order valence-electron chi connectivity index (χ1n) is 8.98. The Bertz CT molecular complexity index is 828. The molecule has 1 aliphatic carbocycles. The van der Waals surface area contributed by atoms with E-state index in [9.17, 15) is 9.59 Å². The van der Waals surface area contributed by atoms with Gasteiger partial charge in [0, 0.05) is 18.5 Å². The van der Waals surface area contributed by atoms with E-state index >= 15 is 0 Å². The fourth-order valence-electron chi connectivity index (χ4n) is 3.79. The summed E-state index contributed by atoms with van der Waals surface area (Å²) >= 11 is 0. The lowest BCUT2D eigenvalue weighted by molar-refractivity contribution is -0.123. The third-order valence-electron chi connectivity index (χ3n) is 5.19. The highest BCUT2D eigenvalue weighted by Gasteiger charge is 2.28. The second-order valence-corrected chi connectivity index (χ2v) is 6.92. The Hall–Kier alpha value is -2.62. The van der Waals surface area contributed by atoms with Crippen molar-refractivity contribution in [1.29, 1.82) is 0 Å². The van der Waals surface area contributed by atoms with E-state index in [0.29, 0.717) is 18.5 Å². The molecule has 1 atom stereocenters. The van der Waals surface area contributed by atoms with Gasteiger partial charge in [0.05, 0.1) is 0 Å². The predicted octanol–water partition coefficient (Wildman–Crippen LogP) is 2.54. The summed E-state index contributed by atoms with van der Waals surface area (Å²) in [6.45, 7) is 0.500. The van der Waals surface area contributed by atoms with Crippen LogP contribution in [-0.2, 0) is 30.6 Å². The molecule has 0 bridgehead atoms. The third-order valence-corrected chi connectivity index (χ3v) is 5.19. The standard InChI is InChI=1S/C21H22N2O2/c24-20-18-8-4-3-7-17(18)12-19(23-20)21(25)22-13-14-9-10-15-5-1-2-6-16(15)11-14/h3-4,7-11,19H,1-2,5-6,12-13H2,(H,22,25)(H,23,24). The first-order valence-corrected chi connectivity index (χ1v) is 8.98. The Morgan fingerprint density at radius 3 is 2.72 bits per heavy atom. The van der Waals surface area contributed by atoms with Gasteiger partial charge < -0.3 is 10.6 Å². The van der Waals surface area contributed by atoms with E-state index in [1.807, 2.05) is 18.2 Å². The van der Waals surface area contributed by atoms with Crippen LogP contribution in [0.4, 0.5) is 0 Å². The van der Waals surface area contributed by atoms with Crippen molar-refractivity contribution >= 4 is 11.8 Å². The molecular weight excluding hydrogens is 312 g/mol. The molecule has 4 heteroatoms. The van der Waals surface area contributed by atoms with Crippen LogP contribution in [0.25, 0.3) is 0 Å². The third kappa shape index (κ3) is 3.29. The Morgan fingerprint density at radius 1 is 1.04 bits per heavy atom. The molecule has 2 aromatic carbocycles. The summed E-state index contributed by atoms with van der Waals surface area (Å²) < 4.78 is 0. The van der Waals surface area contributed by atoms with Crippen molar-refractivity contribution in [3.05, 3.63) is 70.3 Å². The topological polar surface area (TPSA) is 58.2 Å². The molecule has 2 aromatic rings. The number of carbonyl (C=O) groups is 2. The minimum Gasteiger partial charge on any atom is -0.350 e. The Balaban J connectivity index is 1.40. The first kappa shape index (κ1) is 15.9. The second kappa shape index (κ2) is 6.71. The van der Waals surface area contributed by atoms with E-state index in [0.717, 1.165) is 24.0 Å². The molecule has 2 N–H and O–H groups in total. The first-order chi connectivity index (χ1) is 12.2. The van der Waals surface area contributed by atoms with Crippen LogP contribution < -0.4 is 10.6 Å². The van der Waals surface area contributed by atoms with Crippen molar-refractivity contribution in [2.24, 2.45) is 0 Å². The summed E-state index contributed by atoms with van der Waals surface area (Å²) in [6, 6.07) is 13.5. The summed E-state index contributed by atoms with van der Waals surface area (Å²) in [6.07, 6.45) is 5.35. The molecule has 1 unspecified atom stereocenters. The number of benzene rings is 2. The van der Waals surface area contributed by atoms with Crippen molar-refractivity contribution in [2.45, 2.75) is 44.7 Å². The lowest BCUT2D eigenvalue weighted by atomic mass is 9.90. The van der Waals surface area contributed by atoms with Gasteiger partial charge in [-0.15, -0.1) is 0 Å². The number of nitrogens with one attached hydrogen (secondary N) is 2. The molecule has 128 valence electrons. The van der Waals surface area contributed by atoms with Gasteiger partial charge >= 0.3 is 0 Å². The van der Waals surface area contributed by atoms with Gasteiger partial charge in [0.15, 0.2) is 0 Å². The van der Waals surface area contributed by atoms with Crippen LogP contribution in [0, 0.1) is 0 Å². The van der Waals surface area contributed by atoms with Crippen LogP contribution in [0.1, 0.15) is 45.5 Å². The van der Waals surface area contributed by atoms with Gasteiger partial charge in [-0.3, -0.25) is 9.59 Å². The predicted molar refractivity (Wildman–Crippen MR) is 96.3 cm³/mol. The quantitative estimate of drug-likeness (QED) is 0.906. The van der Waals surface area contributed by atoms with Gasteiger partial charge in [0.1, 0.15) is 6.04 Å². The van der Waals surface area contributed by atoms with Crippen LogP contribution in [0.5, 0.6) is 0 Å².